The number of hydrogen-bond donors (Lipinski definition) is 0. The molecule has 0 atom stereocenters. The van der Waals surface area contributed by atoms with Crippen LogP contribution in [-0.4, -0.2) is 43.6 Å². The molecule has 0 N–H and O–H groups in total. The van der Waals surface area contributed by atoms with E-state index in [1.165, 1.54) is 185 Å². The monoisotopic (exact) mass is 1920 g/mol. The molecule has 10 nitrogen and oxygen atoms in total. The molecule has 11 heteroatoms. The van der Waals surface area contributed by atoms with Crippen molar-refractivity contribution in [2.45, 2.75) is 77.0 Å². The first kappa shape index (κ1) is 85.3. The lowest BCUT2D eigenvalue weighted by Gasteiger charge is -2.25. The van der Waals surface area contributed by atoms with E-state index in [9.17, 15) is 0 Å². The number of hydrogen-bond acceptors (Lipinski definition) is 8. The number of furan rings is 1. The van der Waals surface area contributed by atoms with Crippen molar-refractivity contribution < 1.29 is 4.42 Å². The molecule has 8 heterocycles. The summed E-state index contributed by atoms with van der Waals surface area (Å²) in [5.74, 6) is 2.02. The molecule has 149 heavy (non-hydrogen) atoms. The predicted molar refractivity (Wildman–Crippen MR) is 621 cm³/mol. The van der Waals surface area contributed by atoms with Crippen molar-refractivity contribution >= 4 is 184 Å². The Bertz CT molecular complexity index is 11000. The van der Waals surface area contributed by atoms with Crippen LogP contribution in [0.4, 0.5) is 0 Å². The van der Waals surface area contributed by atoms with E-state index in [0.717, 1.165) is 105 Å². The lowest BCUT2D eigenvalue weighted by atomic mass is 9.79. The highest BCUT2D eigenvalue weighted by atomic mass is 32.1. The molecule has 0 saturated heterocycles. The van der Waals surface area contributed by atoms with Crippen molar-refractivity contribution in [2.24, 2.45) is 0 Å². The second-order valence-electron chi connectivity index (χ2n) is 43.1. The Morgan fingerprint density at radius 2 is 0.597 bits per heavy atom. The van der Waals surface area contributed by atoms with Gasteiger partial charge in [-0.3, -0.25) is 13.7 Å². The lowest BCUT2D eigenvalue weighted by Crippen LogP contribution is -2.18. The third-order valence-corrected chi connectivity index (χ3v) is 34.7. The van der Waals surface area contributed by atoms with Crippen LogP contribution in [0.5, 0.6) is 0 Å². The fourth-order valence-electron chi connectivity index (χ4n) is 26.3. The minimum Gasteiger partial charge on any atom is -0.452 e. The van der Waals surface area contributed by atoms with Crippen LogP contribution in [0.15, 0.2) is 423 Å². The summed E-state index contributed by atoms with van der Waals surface area (Å²) in [6.07, 6.45) is 0. The fourth-order valence-corrected chi connectivity index (χ4v) is 27.4. The van der Waals surface area contributed by atoms with E-state index in [0.29, 0.717) is 23.4 Å². The van der Waals surface area contributed by atoms with Crippen LogP contribution in [0, 0.1) is 0 Å². The van der Waals surface area contributed by atoms with Crippen LogP contribution in [0.3, 0.4) is 0 Å². The molecule has 21 aromatic carbocycles. The van der Waals surface area contributed by atoms with Gasteiger partial charge in [0.2, 0.25) is 17.8 Å². The highest BCUT2D eigenvalue weighted by Gasteiger charge is 2.44. The SMILES string of the molecule is CC1(C)c2ccccc2-c2cc(-c3nc(-n4c5cc6ccccc6cc5c5ccc6ccccc6c54)nc4c3oc3ccccc34)ccc21.CC1(C)c2ccccc2-c2ccc(-c3nc(-n4c5cc6ccccc6cc5c5c6ccccc6ccc54)nc4c3C(C)(C)c3ccccc3-4)cc21.CC1(C)c2ccccc2-c2ccc(-c3nc(-n4c5cc6ccccc6cc5c5c6ccccc6ccc54)nc4c3sc3ccccc34)cc21. The summed E-state index contributed by atoms with van der Waals surface area (Å²) in [5.41, 5.74) is 36.0. The summed E-state index contributed by atoms with van der Waals surface area (Å²) < 4.78 is 15.8. The highest BCUT2D eigenvalue weighted by molar-refractivity contribution is 7.26. The Morgan fingerprint density at radius 3 is 1.17 bits per heavy atom. The summed E-state index contributed by atoms with van der Waals surface area (Å²) in [7, 11) is 0. The first-order valence-electron chi connectivity index (χ1n) is 51.6. The Balaban J connectivity index is 0.000000101. The minimum atomic E-state index is -0.273. The van der Waals surface area contributed by atoms with Gasteiger partial charge in [0.1, 0.15) is 16.8 Å². The number of fused-ring (bicyclic) bond motifs is 36. The van der Waals surface area contributed by atoms with Crippen molar-refractivity contribution in [3.05, 3.63) is 463 Å². The van der Waals surface area contributed by atoms with Crippen molar-refractivity contribution in [2.75, 3.05) is 0 Å². The van der Waals surface area contributed by atoms with Crippen LogP contribution in [-0.2, 0) is 21.7 Å². The third-order valence-electron chi connectivity index (χ3n) is 33.5. The average molecular weight is 1930 g/mol. The van der Waals surface area contributed by atoms with Gasteiger partial charge in [-0.25, -0.2) is 29.9 Å². The number of aromatic nitrogens is 9. The zero-order valence-electron chi connectivity index (χ0n) is 83.2. The molecule has 702 valence electrons. The molecule has 0 bridgehead atoms. The standard InChI is InChI=1S/C48H35N3.C45H29N3O.C45H29N3S/c1-47(2)37-19-11-9-17-33(37)34-23-21-31(26-39(34)47)44-43-45(35-18-10-12-20-38(35)48(43,3)4)50-46(49-44)51-40-24-22-28-13-7-8-16-32(28)42(40)36-25-29-14-5-6-15-30(29)27-41(36)51;1-45(2)36-17-9-7-15-31(36)34-24-29(20-22-37(34)45)40-43-41(33-16-8-10-18-39(33)49-43)47-44(46-40)48-38-25-28-13-4-3-12-27(28)23-35(38)32-21-19-26-11-5-6-14-30(26)42(32)48;1-45(2)35-17-9-7-15-31(35)32-21-19-29(24-36(32)45)41-43-42(33-16-8-10-18-39(33)49-43)47-44(46-41)48-37-22-20-26-11-5-6-14-30(26)40(37)34-23-27-12-3-4-13-28(27)25-38(34)48/h5-27H,1-4H3;2*3-25H,1-2H3. The molecule has 8 aromatic heterocycles. The summed E-state index contributed by atoms with van der Waals surface area (Å²) in [6.45, 7) is 18.7. The minimum absolute atomic E-state index is 0.0806. The molecule has 33 rings (SSSR count). The summed E-state index contributed by atoms with van der Waals surface area (Å²) >= 11 is 1.79. The largest absolute Gasteiger partial charge is 0.452 e. The van der Waals surface area contributed by atoms with E-state index in [4.69, 9.17) is 34.3 Å². The maximum atomic E-state index is 6.61. The molecular formula is C138H93N9OS. The zero-order valence-corrected chi connectivity index (χ0v) is 84.0. The topological polar surface area (TPSA) is 105 Å². The highest BCUT2D eigenvalue weighted by Crippen LogP contribution is 2.58. The summed E-state index contributed by atoms with van der Waals surface area (Å²) in [5, 5.41) is 23.9. The van der Waals surface area contributed by atoms with Crippen LogP contribution < -0.4 is 0 Å². The first-order chi connectivity index (χ1) is 72.9. The maximum absolute atomic E-state index is 6.61. The number of rotatable bonds is 6. The van der Waals surface area contributed by atoms with Gasteiger partial charge in [0.05, 0.1) is 60.4 Å². The second-order valence-corrected chi connectivity index (χ2v) is 44.1. The molecule has 0 amide bonds. The quantitative estimate of drug-likeness (QED) is 0.163. The Kier molecular flexibility index (Phi) is 17.9. The van der Waals surface area contributed by atoms with Crippen molar-refractivity contribution in [3.63, 3.8) is 0 Å². The van der Waals surface area contributed by atoms with Gasteiger partial charge in [0.15, 0.2) is 5.58 Å². The Hall–Kier alpha value is -18.2. The smallest absolute Gasteiger partial charge is 0.236 e. The maximum Gasteiger partial charge on any atom is 0.236 e. The van der Waals surface area contributed by atoms with E-state index in [1.54, 1.807) is 11.3 Å². The van der Waals surface area contributed by atoms with E-state index < -0.39 is 0 Å². The van der Waals surface area contributed by atoms with Crippen LogP contribution in [0.25, 0.3) is 269 Å². The van der Waals surface area contributed by atoms with Gasteiger partial charge in [0, 0.05) is 103 Å². The molecule has 29 aromatic rings. The summed E-state index contributed by atoms with van der Waals surface area (Å²) in [6, 6.07) is 152. The van der Waals surface area contributed by atoms with Crippen molar-refractivity contribution in [1.29, 1.82) is 0 Å². The van der Waals surface area contributed by atoms with Crippen LogP contribution >= 0.6 is 11.3 Å². The lowest BCUT2D eigenvalue weighted by molar-refractivity contribution is 0.655. The van der Waals surface area contributed by atoms with E-state index in [2.05, 4.69) is 469 Å². The Labute approximate surface area is 861 Å². The Morgan fingerprint density at radius 1 is 0.221 bits per heavy atom. The van der Waals surface area contributed by atoms with Gasteiger partial charge in [-0.2, -0.15) is 0 Å². The van der Waals surface area contributed by atoms with Gasteiger partial charge in [-0.15, -0.1) is 11.3 Å². The molecule has 0 unspecified atom stereocenters. The fraction of sp³-hybridized carbons (Fsp3) is 0.0870. The number of para-hydroxylation sites is 1. The van der Waals surface area contributed by atoms with Crippen LogP contribution in [0.2, 0.25) is 0 Å². The van der Waals surface area contributed by atoms with E-state index in [1.807, 2.05) is 18.2 Å². The second kappa shape index (κ2) is 31.2. The van der Waals surface area contributed by atoms with Gasteiger partial charge >= 0.3 is 0 Å². The van der Waals surface area contributed by atoms with Gasteiger partial charge in [-0.05, 0) is 217 Å². The van der Waals surface area contributed by atoms with Gasteiger partial charge in [0.25, 0.3) is 0 Å². The number of benzene rings is 21. The molecule has 4 aliphatic carbocycles. The predicted octanol–water partition coefficient (Wildman–Crippen LogP) is 36.1. The molecule has 0 aliphatic heterocycles. The third kappa shape index (κ3) is 12.3. The van der Waals surface area contributed by atoms with E-state index >= 15 is 0 Å². The molecular weight excluding hydrogens is 1830 g/mol. The molecule has 0 radical (unpaired) electrons. The van der Waals surface area contributed by atoms with Gasteiger partial charge in [-0.1, -0.05) is 389 Å². The number of thiophene rings is 1. The molecule has 0 saturated carbocycles. The summed E-state index contributed by atoms with van der Waals surface area (Å²) in [4.78, 5) is 33.1. The van der Waals surface area contributed by atoms with Gasteiger partial charge < -0.3 is 4.42 Å². The zero-order chi connectivity index (χ0) is 99.1. The molecule has 0 fully saturated rings. The average Bonchev–Trinajstić information content (AvgIpc) is 1.60. The number of nitrogens with zero attached hydrogens (tertiary/aromatic N) is 9. The first-order valence-corrected chi connectivity index (χ1v) is 52.4. The van der Waals surface area contributed by atoms with Crippen molar-refractivity contribution in [3.8, 4) is 96.3 Å². The normalized spacial score (nSPS) is 14.1. The van der Waals surface area contributed by atoms with E-state index in [-0.39, 0.29) is 21.7 Å². The van der Waals surface area contributed by atoms with Crippen LogP contribution in [0.1, 0.15) is 99.9 Å². The molecule has 4 aliphatic rings. The molecule has 0 spiro atoms. The van der Waals surface area contributed by atoms with Crippen molar-refractivity contribution in [1.82, 2.24) is 43.6 Å².